The predicted octanol–water partition coefficient (Wildman–Crippen LogP) is -9.04. The average Bonchev–Trinajstić information content (AvgIpc) is 2.56. The van der Waals surface area contributed by atoms with Gasteiger partial charge in [-0.1, -0.05) is 0 Å². The van der Waals surface area contributed by atoms with E-state index >= 15 is 0 Å². The van der Waals surface area contributed by atoms with E-state index in [0.717, 1.165) is 34.6 Å². The molecule has 9 N–H and O–H groups in total. The number of carbonyl (C=O) groups is 5. The van der Waals surface area contributed by atoms with Gasteiger partial charge in [-0.25, -0.2) is 0 Å². The van der Waals surface area contributed by atoms with Gasteiger partial charge in [0.05, 0.1) is 60.4 Å². The Kier molecular flexibility index (Phi) is 42.8. The maximum atomic E-state index is 9.34. The molecule has 0 heterocycles. The minimum Gasteiger partial charge on any atom is -0.547 e. The molecule has 16 nitrogen and oxygen atoms in total. The minimum absolute atomic E-state index is 0. The van der Waals surface area contributed by atoms with Gasteiger partial charge in [-0.05, 0) is 34.6 Å². The summed E-state index contributed by atoms with van der Waals surface area (Å²) < 4.78 is 0. The van der Waals surface area contributed by atoms with Crippen LogP contribution in [0.2, 0.25) is 0 Å². The molecule has 0 saturated carbocycles. The average molecular weight is 511 g/mol. The number of rotatable bonds is 5. The molecule has 0 aliphatic rings. The van der Waals surface area contributed by atoms with E-state index in [1.807, 2.05) is 0 Å². The summed E-state index contributed by atoms with van der Waals surface area (Å²) in [6.45, 7) is 5.67. The third-order valence-corrected chi connectivity index (χ3v) is 1.71. The third-order valence-electron chi connectivity index (χ3n) is 1.71. The van der Waals surface area contributed by atoms with Gasteiger partial charge in [0.1, 0.15) is 0 Å². The maximum Gasteiger partial charge on any atom is 4.00 e. The third kappa shape index (κ3) is 63.0. The Morgan fingerprint density at radius 1 is 0.438 bits per heavy atom. The molecule has 0 aromatic heterocycles. The Labute approximate surface area is 198 Å². The summed E-state index contributed by atoms with van der Waals surface area (Å²) in [5.41, 5.74) is 0. The molecule has 0 aromatic carbocycles. The Hall–Kier alpha value is -2.18. The van der Waals surface area contributed by atoms with Gasteiger partial charge in [-0.2, -0.15) is 0 Å². The Bertz CT molecular complexity index is 403. The molecule has 0 fully saturated rings. The summed E-state index contributed by atoms with van der Waals surface area (Å²) >= 11 is 0. The van der Waals surface area contributed by atoms with Crippen LogP contribution < -0.4 is 31.7 Å². The van der Waals surface area contributed by atoms with Gasteiger partial charge in [0, 0.05) is 0 Å². The van der Waals surface area contributed by atoms with Gasteiger partial charge in [0.15, 0.2) is 0 Å². The molecule has 0 aliphatic heterocycles. The maximum absolute atomic E-state index is 9.34. The van der Waals surface area contributed by atoms with Crippen molar-refractivity contribution in [2.24, 2.45) is 0 Å². The van der Waals surface area contributed by atoms with Crippen LogP contribution in [0.3, 0.4) is 0 Å². The summed E-state index contributed by atoms with van der Waals surface area (Å²) in [7, 11) is 0. The molecule has 0 aliphatic carbocycles. The van der Waals surface area contributed by atoms with Crippen LogP contribution in [-0.2, 0) is 45.7 Å². The van der Waals surface area contributed by atoms with E-state index in [9.17, 15) is 49.5 Å². The van der Waals surface area contributed by atoms with E-state index in [-0.39, 0.29) is 27.9 Å². The molecule has 0 bridgehead atoms. The van der Waals surface area contributed by atoms with E-state index in [1.165, 1.54) is 0 Å². The Morgan fingerprint density at radius 3 is 0.469 bits per heavy atom. The van der Waals surface area contributed by atoms with Crippen molar-refractivity contribution < 1.29 is 96.8 Å². The Balaban J connectivity index is -0.0000000481. The number of carboxylic acid groups (broad SMARTS) is 5. The van der Waals surface area contributed by atoms with E-state index < -0.39 is 60.4 Å². The fourth-order valence-electron chi connectivity index (χ4n) is 0. The SMILES string of the molecule is CC(O)C(=O)[O-].CC(O)C(=O)[O-].CC(O)C(=O)[O-].CC(O)C(=O)[O-].CC(O)C(=O)[O-].[NH4+].[Ti+4]. The molecule has 5 unspecified atom stereocenters. The van der Waals surface area contributed by atoms with Crippen molar-refractivity contribution in [3.05, 3.63) is 0 Å². The van der Waals surface area contributed by atoms with Gasteiger partial charge in [0.2, 0.25) is 0 Å². The van der Waals surface area contributed by atoms with E-state index in [1.54, 1.807) is 0 Å². The molecule has 5 atom stereocenters. The molecule has 0 radical (unpaired) electrons. The number of carbonyl (C=O) groups excluding carboxylic acids is 5. The summed E-state index contributed by atoms with van der Waals surface area (Å²) in [4.78, 5) is 46.7. The first kappa shape index (κ1) is 47.6. The molecule has 0 saturated heterocycles. The zero-order chi connectivity index (χ0) is 25.8. The van der Waals surface area contributed by atoms with Crippen molar-refractivity contribution in [3.8, 4) is 0 Å². The number of aliphatic hydroxyl groups is 5. The zero-order valence-corrected chi connectivity index (χ0v) is 19.8. The van der Waals surface area contributed by atoms with Crippen LogP contribution >= 0.6 is 0 Å². The molecular formula is C15H29NO15Ti. The fourth-order valence-corrected chi connectivity index (χ4v) is 0. The normalized spacial score (nSPS) is 12.8. The Morgan fingerprint density at radius 2 is 0.469 bits per heavy atom. The van der Waals surface area contributed by atoms with E-state index in [0.29, 0.717) is 0 Å². The number of quaternary nitrogens is 1. The van der Waals surface area contributed by atoms with Crippen molar-refractivity contribution >= 4 is 29.8 Å². The number of hydrogen-bond donors (Lipinski definition) is 6. The summed E-state index contributed by atoms with van der Waals surface area (Å²) in [5, 5.41) is 86.5. The largest absolute Gasteiger partial charge is 4.00 e. The van der Waals surface area contributed by atoms with Gasteiger partial charge in [0.25, 0.3) is 0 Å². The van der Waals surface area contributed by atoms with Gasteiger partial charge in [-0.3, -0.25) is 0 Å². The monoisotopic (exact) mass is 511 g/mol. The number of aliphatic carboxylic acids is 5. The fraction of sp³-hybridized carbons (Fsp3) is 0.667. The van der Waals surface area contributed by atoms with Gasteiger partial charge >= 0.3 is 21.7 Å². The first-order chi connectivity index (χ1) is 13.2. The van der Waals surface area contributed by atoms with E-state index in [4.69, 9.17) is 25.5 Å². The zero-order valence-electron chi connectivity index (χ0n) is 18.2. The van der Waals surface area contributed by atoms with Crippen LogP contribution in [0.25, 0.3) is 0 Å². The second-order valence-corrected chi connectivity index (χ2v) is 4.98. The van der Waals surface area contributed by atoms with Crippen LogP contribution in [0.1, 0.15) is 34.6 Å². The summed E-state index contributed by atoms with van der Waals surface area (Å²) in [5.74, 6) is -7.18. The van der Waals surface area contributed by atoms with Crippen LogP contribution in [0.15, 0.2) is 0 Å². The molecule has 32 heavy (non-hydrogen) atoms. The predicted molar refractivity (Wildman–Crippen MR) is 89.4 cm³/mol. The molecule has 17 heteroatoms. The summed E-state index contributed by atoms with van der Waals surface area (Å²) in [6.07, 6.45) is -6.71. The second kappa shape index (κ2) is 28.8. The van der Waals surface area contributed by atoms with Crippen molar-refractivity contribution in [2.45, 2.75) is 65.1 Å². The first-order valence-electron chi connectivity index (χ1n) is 7.66. The van der Waals surface area contributed by atoms with Gasteiger partial charge < -0.3 is 81.2 Å². The van der Waals surface area contributed by atoms with Crippen molar-refractivity contribution in [1.82, 2.24) is 6.15 Å². The molecule has 0 spiro atoms. The van der Waals surface area contributed by atoms with Gasteiger partial charge in [-0.15, -0.1) is 0 Å². The number of carboxylic acids is 5. The standard InChI is InChI=1S/5C3H6O3.H3N.Ti/c5*1-2(4)3(5)6;;/h5*2,4H,1H3,(H,5,6);1H3;/q;;;;;;+4/p-4. The molecule has 188 valence electrons. The topological polar surface area (TPSA) is 338 Å². The minimum atomic E-state index is -1.44. The molecule has 0 rings (SSSR count). The quantitative estimate of drug-likeness (QED) is 0.187. The van der Waals surface area contributed by atoms with Crippen LogP contribution in [-0.4, -0.2) is 85.9 Å². The molecule has 0 aromatic rings. The number of hydrogen-bond acceptors (Lipinski definition) is 15. The summed E-state index contributed by atoms with van der Waals surface area (Å²) in [6, 6.07) is 0. The smallest absolute Gasteiger partial charge is 0.547 e. The second-order valence-electron chi connectivity index (χ2n) is 4.98. The van der Waals surface area contributed by atoms with Crippen molar-refractivity contribution in [3.63, 3.8) is 0 Å². The van der Waals surface area contributed by atoms with Crippen LogP contribution in [0, 0.1) is 0 Å². The van der Waals surface area contributed by atoms with Crippen molar-refractivity contribution in [1.29, 1.82) is 0 Å². The van der Waals surface area contributed by atoms with Crippen LogP contribution in [0.4, 0.5) is 0 Å². The first-order valence-corrected chi connectivity index (χ1v) is 7.66. The number of aliphatic hydroxyl groups excluding tert-OH is 5. The van der Waals surface area contributed by atoms with Crippen molar-refractivity contribution in [2.75, 3.05) is 0 Å². The van der Waals surface area contributed by atoms with Crippen LogP contribution in [0.5, 0.6) is 0 Å². The molecular weight excluding hydrogens is 482 g/mol. The van der Waals surface area contributed by atoms with E-state index in [2.05, 4.69) is 0 Å². The molecule has 0 amide bonds.